The molecule has 27 heavy (non-hydrogen) atoms. The van der Waals surface area contributed by atoms with Crippen molar-refractivity contribution in [3.8, 4) is 5.75 Å². The molecule has 3 aromatic rings. The van der Waals surface area contributed by atoms with E-state index in [9.17, 15) is 8.42 Å². The SMILES string of the molecule is Cc1ccc2c3c(ccc2c1)CCC(COS(=O)(=O)c1ccc(Br)cc1)O3. The summed E-state index contributed by atoms with van der Waals surface area (Å²) in [5.74, 6) is 0.841. The van der Waals surface area contributed by atoms with Gasteiger partial charge in [0.1, 0.15) is 18.5 Å². The summed E-state index contributed by atoms with van der Waals surface area (Å²) in [6.07, 6.45) is 1.26. The van der Waals surface area contributed by atoms with Gasteiger partial charge in [-0.1, -0.05) is 51.8 Å². The molecule has 1 aliphatic rings. The largest absolute Gasteiger partial charge is 0.487 e. The van der Waals surface area contributed by atoms with Gasteiger partial charge in [0.2, 0.25) is 0 Å². The number of hydrogen-bond acceptors (Lipinski definition) is 4. The average molecular weight is 447 g/mol. The monoisotopic (exact) mass is 446 g/mol. The molecule has 0 spiro atoms. The van der Waals surface area contributed by atoms with Crippen LogP contribution in [0.4, 0.5) is 0 Å². The van der Waals surface area contributed by atoms with E-state index in [4.69, 9.17) is 8.92 Å². The van der Waals surface area contributed by atoms with Gasteiger partial charge in [-0.3, -0.25) is 4.18 Å². The van der Waals surface area contributed by atoms with E-state index >= 15 is 0 Å². The van der Waals surface area contributed by atoms with E-state index < -0.39 is 10.1 Å². The van der Waals surface area contributed by atoms with Gasteiger partial charge in [0.05, 0.1) is 4.90 Å². The summed E-state index contributed by atoms with van der Waals surface area (Å²) >= 11 is 3.30. The molecule has 1 heterocycles. The Bertz CT molecular complexity index is 1090. The lowest BCUT2D eigenvalue weighted by atomic mass is 9.97. The van der Waals surface area contributed by atoms with Crippen LogP contribution in [0.3, 0.4) is 0 Å². The molecule has 0 aliphatic carbocycles. The van der Waals surface area contributed by atoms with E-state index in [1.165, 1.54) is 17.7 Å². The van der Waals surface area contributed by atoms with Crippen LogP contribution in [0.25, 0.3) is 10.8 Å². The molecule has 1 aliphatic heterocycles. The van der Waals surface area contributed by atoms with Crippen LogP contribution in [0, 0.1) is 6.92 Å². The number of ether oxygens (including phenoxy) is 1. The lowest BCUT2D eigenvalue weighted by Crippen LogP contribution is -2.29. The standard InChI is InChI=1S/C21H19BrO4S/c1-14-2-11-20-16(12-14)4-3-15-5-8-18(26-21(15)20)13-25-27(23,24)19-9-6-17(22)7-10-19/h2-4,6-7,9-12,18H,5,8,13H2,1H3. The zero-order valence-corrected chi connectivity index (χ0v) is 17.2. The molecule has 0 amide bonds. The van der Waals surface area contributed by atoms with Gasteiger partial charge in [0.25, 0.3) is 10.1 Å². The molecule has 4 nitrogen and oxygen atoms in total. The molecule has 1 atom stereocenters. The number of benzene rings is 3. The van der Waals surface area contributed by atoms with Crippen LogP contribution in [0.2, 0.25) is 0 Å². The highest BCUT2D eigenvalue weighted by Crippen LogP contribution is 2.36. The van der Waals surface area contributed by atoms with E-state index in [1.54, 1.807) is 12.1 Å². The van der Waals surface area contributed by atoms with Gasteiger partial charge >= 0.3 is 0 Å². The Balaban J connectivity index is 1.52. The molecule has 0 fully saturated rings. The van der Waals surface area contributed by atoms with E-state index in [-0.39, 0.29) is 17.6 Å². The fourth-order valence-electron chi connectivity index (χ4n) is 3.30. The van der Waals surface area contributed by atoms with Crippen LogP contribution in [0.5, 0.6) is 5.75 Å². The number of aryl methyl sites for hydroxylation is 2. The Kier molecular flexibility index (Phi) is 4.97. The average Bonchev–Trinajstić information content (AvgIpc) is 2.66. The summed E-state index contributed by atoms with van der Waals surface area (Å²) in [5.41, 5.74) is 2.34. The van der Waals surface area contributed by atoms with Crippen molar-refractivity contribution in [1.29, 1.82) is 0 Å². The van der Waals surface area contributed by atoms with Crippen LogP contribution in [0.15, 0.2) is 64.0 Å². The van der Waals surface area contributed by atoms with E-state index in [0.717, 1.165) is 39.4 Å². The lowest BCUT2D eigenvalue weighted by molar-refractivity contribution is 0.114. The molecule has 0 bridgehead atoms. The van der Waals surface area contributed by atoms with E-state index in [0.29, 0.717) is 0 Å². The molecule has 3 aromatic carbocycles. The molecule has 1 unspecified atom stereocenters. The van der Waals surface area contributed by atoms with Crippen LogP contribution in [-0.4, -0.2) is 21.1 Å². The number of fused-ring (bicyclic) bond motifs is 3. The van der Waals surface area contributed by atoms with Crippen LogP contribution < -0.4 is 4.74 Å². The Morgan fingerprint density at radius 2 is 1.89 bits per heavy atom. The second-order valence-corrected chi connectivity index (χ2v) is 9.28. The van der Waals surface area contributed by atoms with Gasteiger partial charge < -0.3 is 4.74 Å². The lowest BCUT2D eigenvalue weighted by Gasteiger charge is -2.27. The van der Waals surface area contributed by atoms with Crippen molar-refractivity contribution in [2.24, 2.45) is 0 Å². The van der Waals surface area contributed by atoms with E-state index in [2.05, 4.69) is 53.2 Å². The fraction of sp³-hybridized carbons (Fsp3) is 0.238. The number of halogens is 1. The van der Waals surface area contributed by atoms with Gasteiger partial charge in [-0.15, -0.1) is 0 Å². The molecule has 0 radical (unpaired) electrons. The first-order valence-corrected chi connectivity index (χ1v) is 11.0. The summed E-state index contributed by atoms with van der Waals surface area (Å²) in [6, 6.07) is 16.8. The first-order chi connectivity index (χ1) is 12.9. The van der Waals surface area contributed by atoms with Gasteiger partial charge in [0.15, 0.2) is 0 Å². The van der Waals surface area contributed by atoms with E-state index in [1.807, 2.05) is 0 Å². The summed E-state index contributed by atoms with van der Waals surface area (Å²) in [6.45, 7) is 2.06. The summed E-state index contributed by atoms with van der Waals surface area (Å²) < 4.78 is 37.0. The third-order valence-electron chi connectivity index (χ3n) is 4.74. The molecule has 6 heteroatoms. The molecule has 140 valence electrons. The molecule has 0 saturated heterocycles. The second kappa shape index (κ2) is 7.26. The maximum atomic E-state index is 12.4. The third-order valence-corrected chi connectivity index (χ3v) is 6.56. The van der Waals surface area contributed by atoms with Crippen molar-refractivity contribution >= 4 is 36.8 Å². The van der Waals surface area contributed by atoms with Gasteiger partial charge in [0, 0.05) is 9.86 Å². The molecule has 0 aromatic heterocycles. The summed E-state index contributed by atoms with van der Waals surface area (Å²) in [5, 5.41) is 2.18. The quantitative estimate of drug-likeness (QED) is 0.528. The van der Waals surface area contributed by atoms with Crippen molar-refractivity contribution in [3.63, 3.8) is 0 Å². The predicted molar refractivity (Wildman–Crippen MR) is 109 cm³/mol. The highest BCUT2D eigenvalue weighted by atomic mass is 79.9. The Morgan fingerprint density at radius 1 is 1.11 bits per heavy atom. The zero-order chi connectivity index (χ0) is 19.0. The van der Waals surface area contributed by atoms with Crippen molar-refractivity contribution in [2.75, 3.05) is 6.61 Å². The Hall–Kier alpha value is -1.89. The predicted octanol–water partition coefficient (Wildman–Crippen LogP) is 5.01. The van der Waals surface area contributed by atoms with Crippen molar-refractivity contribution in [3.05, 3.63) is 70.2 Å². The normalized spacial score (nSPS) is 16.7. The van der Waals surface area contributed by atoms with Crippen LogP contribution >= 0.6 is 15.9 Å². The van der Waals surface area contributed by atoms with Crippen LogP contribution in [0.1, 0.15) is 17.5 Å². The number of hydrogen-bond donors (Lipinski definition) is 0. The van der Waals surface area contributed by atoms with Gasteiger partial charge in [-0.2, -0.15) is 8.42 Å². The second-order valence-electron chi connectivity index (χ2n) is 6.75. The van der Waals surface area contributed by atoms with Crippen molar-refractivity contribution < 1.29 is 17.3 Å². The minimum Gasteiger partial charge on any atom is -0.487 e. The fourth-order valence-corrected chi connectivity index (χ4v) is 4.50. The molecular weight excluding hydrogens is 428 g/mol. The molecule has 4 rings (SSSR count). The van der Waals surface area contributed by atoms with Crippen molar-refractivity contribution in [1.82, 2.24) is 0 Å². The first-order valence-electron chi connectivity index (χ1n) is 8.76. The Labute approximate surface area is 167 Å². The van der Waals surface area contributed by atoms with Crippen LogP contribution in [-0.2, 0) is 20.7 Å². The first kappa shape index (κ1) is 18.5. The van der Waals surface area contributed by atoms with Gasteiger partial charge in [-0.05, 0) is 55.0 Å². The minimum atomic E-state index is -3.80. The third kappa shape index (κ3) is 3.88. The minimum absolute atomic E-state index is 0.0000855. The topological polar surface area (TPSA) is 52.6 Å². The maximum absolute atomic E-state index is 12.4. The highest BCUT2D eigenvalue weighted by Gasteiger charge is 2.25. The Morgan fingerprint density at radius 3 is 2.67 bits per heavy atom. The zero-order valence-electron chi connectivity index (χ0n) is 14.8. The molecular formula is C21H19BrO4S. The molecule has 0 N–H and O–H groups in total. The maximum Gasteiger partial charge on any atom is 0.297 e. The smallest absolute Gasteiger partial charge is 0.297 e. The summed E-state index contributed by atoms with van der Waals surface area (Å²) in [7, 11) is -3.80. The number of rotatable bonds is 4. The van der Waals surface area contributed by atoms with Crippen molar-refractivity contribution in [2.45, 2.75) is 30.8 Å². The summed E-state index contributed by atoms with van der Waals surface area (Å²) in [4.78, 5) is 0.142. The molecule has 0 saturated carbocycles. The van der Waals surface area contributed by atoms with Gasteiger partial charge in [-0.25, -0.2) is 0 Å². The highest BCUT2D eigenvalue weighted by molar-refractivity contribution is 9.10.